The molecule has 0 aliphatic rings. The molecule has 0 aromatic carbocycles. The zero-order chi connectivity index (χ0) is 18.5. The highest BCUT2D eigenvalue weighted by Crippen LogP contribution is 2.18. The van der Waals surface area contributed by atoms with Gasteiger partial charge in [0.25, 0.3) is 0 Å². The lowest BCUT2D eigenvalue weighted by atomic mass is 10.1. The molecule has 1 aromatic rings. The largest absolute Gasteiger partial charge is 0.457 e. The van der Waals surface area contributed by atoms with Gasteiger partial charge in [-0.1, -0.05) is 87.1 Å². The molecule has 1 nitrogen and oxygen atoms in total. The first kappa shape index (κ1) is 20.0. The van der Waals surface area contributed by atoms with E-state index in [0.717, 1.165) is 34.7 Å². The second-order valence-electron chi connectivity index (χ2n) is 5.31. The Kier molecular flexibility index (Phi) is 9.17. The zero-order valence-corrected chi connectivity index (χ0v) is 14.9. The van der Waals surface area contributed by atoms with E-state index in [4.69, 9.17) is 4.42 Å². The molecule has 0 saturated carbocycles. The quantitative estimate of drug-likeness (QED) is 0.415. The minimum atomic E-state index is 0.771. The third-order valence-electron chi connectivity index (χ3n) is 3.40. The van der Waals surface area contributed by atoms with Crippen LogP contribution in [0.5, 0.6) is 0 Å². The maximum atomic E-state index is 5.67. The van der Waals surface area contributed by atoms with Crippen molar-refractivity contribution in [3.63, 3.8) is 0 Å². The van der Waals surface area contributed by atoms with Gasteiger partial charge in [0.1, 0.15) is 11.5 Å². The van der Waals surface area contributed by atoms with Gasteiger partial charge in [-0.3, -0.25) is 0 Å². The molecular weight excluding hydrogens is 304 g/mol. The molecular formula is C24H26O. The first-order valence-electron chi connectivity index (χ1n) is 8.15. The highest BCUT2D eigenvalue weighted by Gasteiger charge is 2.01. The summed E-state index contributed by atoms with van der Waals surface area (Å²) >= 11 is 0. The van der Waals surface area contributed by atoms with Gasteiger partial charge in [-0.15, -0.1) is 0 Å². The monoisotopic (exact) mass is 330 g/mol. The number of aryl methyl sites for hydroxylation is 1. The lowest BCUT2D eigenvalue weighted by Crippen LogP contribution is -1.77. The van der Waals surface area contributed by atoms with Crippen LogP contribution in [0.3, 0.4) is 0 Å². The summed E-state index contributed by atoms with van der Waals surface area (Å²) in [5.74, 6) is 1.64. The van der Waals surface area contributed by atoms with Crippen LogP contribution < -0.4 is 0 Å². The lowest BCUT2D eigenvalue weighted by molar-refractivity contribution is 0.545. The topological polar surface area (TPSA) is 13.1 Å². The Morgan fingerprint density at radius 1 is 1.04 bits per heavy atom. The van der Waals surface area contributed by atoms with Crippen molar-refractivity contribution in [2.45, 2.75) is 13.3 Å². The summed E-state index contributed by atoms with van der Waals surface area (Å²) in [5.41, 5.74) is 3.27. The molecule has 0 atom stereocenters. The average Bonchev–Trinajstić information content (AvgIpc) is 2.99. The fourth-order valence-corrected chi connectivity index (χ4v) is 2.04. The summed E-state index contributed by atoms with van der Waals surface area (Å²) in [5, 5.41) is 0. The molecule has 1 rings (SSSR count). The minimum Gasteiger partial charge on any atom is -0.457 e. The van der Waals surface area contributed by atoms with E-state index in [1.807, 2.05) is 55.5 Å². The number of furan rings is 1. The molecule has 0 fully saturated rings. The Hall–Kier alpha value is -3.06. The van der Waals surface area contributed by atoms with Crippen molar-refractivity contribution in [3.05, 3.63) is 121 Å². The van der Waals surface area contributed by atoms with Gasteiger partial charge in [-0.05, 0) is 48.3 Å². The minimum absolute atomic E-state index is 0.771. The van der Waals surface area contributed by atoms with E-state index in [1.54, 1.807) is 18.2 Å². The average molecular weight is 330 g/mol. The Balaban J connectivity index is 2.88. The molecule has 0 aliphatic heterocycles. The molecule has 0 N–H and O–H groups in total. The van der Waals surface area contributed by atoms with Gasteiger partial charge in [-0.2, -0.15) is 0 Å². The van der Waals surface area contributed by atoms with Gasteiger partial charge >= 0.3 is 0 Å². The highest BCUT2D eigenvalue weighted by atomic mass is 16.3. The van der Waals surface area contributed by atoms with Crippen molar-refractivity contribution in [2.24, 2.45) is 0 Å². The van der Waals surface area contributed by atoms with Crippen LogP contribution in [-0.2, 0) is 0 Å². The highest BCUT2D eigenvalue weighted by molar-refractivity contribution is 5.53. The molecule has 0 aliphatic carbocycles. The Morgan fingerprint density at radius 2 is 1.72 bits per heavy atom. The maximum absolute atomic E-state index is 5.67. The van der Waals surface area contributed by atoms with E-state index >= 15 is 0 Å². The summed E-state index contributed by atoms with van der Waals surface area (Å²) in [7, 11) is 0. The summed E-state index contributed by atoms with van der Waals surface area (Å²) in [6.07, 6.45) is 23.8. The molecule has 0 saturated heterocycles. The van der Waals surface area contributed by atoms with Gasteiger partial charge in [0.05, 0.1) is 0 Å². The van der Waals surface area contributed by atoms with E-state index in [0.29, 0.717) is 0 Å². The van der Waals surface area contributed by atoms with Crippen LogP contribution in [0.25, 0.3) is 12.2 Å². The molecule has 0 radical (unpaired) electrons. The summed E-state index contributed by atoms with van der Waals surface area (Å²) < 4.78 is 5.67. The van der Waals surface area contributed by atoms with Crippen LogP contribution >= 0.6 is 0 Å². The van der Waals surface area contributed by atoms with Gasteiger partial charge < -0.3 is 4.42 Å². The summed E-state index contributed by atoms with van der Waals surface area (Å²) in [6, 6.07) is 1.98. The van der Waals surface area contributed by atoms with Crippen molar-refractivity contribution in [1.29, 1.82) is 0 Å². The molecule has 1 aromatic heterocycles. The number of allylic oxidation sites excluding steroid dienone is 12. The molecule has 1 heterocycles. The Morgan fingerprint density at radius 3 is 2.24 bits per heavy atom. The van der Waals surface area contributed by atoms with Crippen LogP contribution in [0, 0.1) is 6.92 Å². The van der Waals surface area contributed by atoms with Crippen LogP contribution in [-0.4, -0.2) is 0 Å². The molecule has 1 heteroatoms. The molecule has 0 unspecified atom stereocenters. The predicted molar refractivity (Wildman–Crippen MR) is 112 cm³/mol. The van der Waals surface area contributed by atoms with E-state index in [9.17, 15) is 0 Å². The molecule has 0 bridgehead atoms. The second kappa shape index (κ2) is 11.5. The van der Waals surface area contributed by atoms with Crippen LogP contribution in [0.4, 0.5) is 0 Å². The normalized spacial score (nSPS) is 12.0. The fourth-order valence-electron chi connectivity index (χ4n) is 2.04. The number of hydrogen-bond donors (Lipinski definition) is 0. The van der Waals surface area contributed by atoms with Crippen molar-refractivity contribution in [1.82, 2.24) is 0 Å². The van der Waals surface area contributed by atoms with E-state index in [-0.39, 0.29) is 0 Å². The molecule has 128 valence electrons. The van der Waals surface area contributed by atoms with Crippen LogP contribution in [0.1, 0.15) is 23.5 Å². The van der Waals surface area contributed by atoms with Gasteiger partial charge in [0.2, 0.25) is 0 Å². The van der Waals surface area contributed by atoms with Gasteiger partial charge in [0, 0.05) is 0 Å². The molecule has 0 spiro atoms. The lowest BCUT2D eigenvalue weighted by Gasteiger charge is -1.97. The van der Waals surface area contributed by atoms with Crippen LogP contribution in [0.2, 0.25) is 0 Å². The first-order valence-corrected chi connectivity index (χ1v) is 8.15. The SMILES string of the molecule is C=C/C=C\C(=C/C=C(\C=C)C/C=C\c1oc(C=C)cc1C)/C=C\C=C. The number of hydrogen-bond acceptors (Lipinski definition) is 1. The Bertz CT molecular complexity index is 738. The Labute approximate surface area is 151 Å². The fraction of sp³-hybridized carbons (Fsp3) is 0.0833. The molecule has 25 heavy (non-hydrogen) atoms. The molecule has 0 amide bonds. The standard InChI is InChI=1S/C24H26O/c1-6-10-13-22(14-11-7-2)18-17-21(8-3)15-12-16-24-20(5)19-23(9-4)25-24/h6-14,16-19H,1-4,15H2,5H3/b13-10-,14-11-,16-12-,21-17+. The first-order chi connectivity index (χ1) is 12.1. The van der Waals surface area contributed by atoms with E-state index in [2.05, 4.69) is 38.5 Å². The van der Waals surface area contributed by atoms with Crippen molar-refractivity contribution < 1.29 is 4.42 Å². The predicted octanol–water partition coefficient (Wildman–Crippen LogP) is 7.16. The smallest absolute Gasteiger partial charge is 0.130 e. The van der Waals surface area contributed by atoms with Crippen molar-refractivity contribution in [2.75, 3.05) is 0 Å². The summed E-state index contributed by atoms with van der Waals surface area (Å²) in [4.78, 5) is 0. The van der Waals surface area contributed by atoms with Crippen LogP contribution in [0.15, 0.2) is 109 Å². The maximum Gasteiger partial charge on any atom is 0.130 e. The number of rotatable bonds is 10. The zero-order valence-electron chi connectivity index (χ0n) is 14.9. The van der Waals surface area contributed by atoms with Crippen molar-refractivity contribution >= 4 is 12.2 Å². The van der Waals surface area contributed by atoms with E-state index < -0.39 is 0 Å². The summed E-state index contributed by atoms with van der Waals surface area (Å²) in [6.45, 7) is 17.0. The van der Waals surface area contributed by atoms with Gasteiger partial charge in [-0.25, -0.2) is 0 Å². The van der Waals surface area contributed by atoms with Gasteiger partial charge in [0.15, 0.2) is 0 Å². The third-order valence-corrected chi connectivity index (χ3v) is 3.40. The third kappa shape index (κ3) is 7.36. The second-order valence-corrected chi connectivity index (χ2v) is 5.31. The van der Waals surface area contributed by atoms with E-state index in [1.165, 1.54) is 0 Å². The van der Waals surface area contributed by atoms with Crippen molar-refractivity contribution in [3.8, 4) is 0 Å².